The molecular formula is C14H14FN3O. The molecule has 5 heteroatoms. The lowest BCUT2D eigenvalue weighted by Crippen LogP contribution is -2.19. The van der Waals surface area contributed by atoms with Crippen molar-refractivity contribution in [2.24, 2.45) is 0 Å². The molecule has 0 spiro atoms. The van der Waals surface area contributed by atoms with Gasteiger partial charge in [0, 0.05) is 13.1 Å². The van der Waals surface area contributed by atoms with Gasteiger partial charge in [-0.05, 0) is 18.6 Å². The van der Waals surface area contributed by atoms with Gasteiger partial charge in [0.25, 0.3) is 5.91 Å². The molecule has 1 heterocycles. The summed E-state index contributed by atoms with van der Waals surface area (Å²) in [6.45, 7) is 1.88. The Morgan fingerprint density at radius 2 is 2.11 bits per heavy atom. The fourth-order valence-corrected chi connectivity index (χ4v) is 1.78. The standard InChI is InChI=1S/C14H14FN3O/c1-9-4-3-5-12(14(19)16-2)13(9)18-11-6-10(15)7-17-8-11/h3-8,18H,1-2H3,(H,16,19). The molecule has 0 atom stereocenters. The lowest BCUT2D eigenvalue weighted by atomic mass is 10.1. The third-order valence-corrected chi connectivity index (χ3v) is 2.72. The van der Waals surface area contributed by atoms with E-state index in [4.69, 9.17) is 0 Å². The van der Waals surface area contributed by atoms with Crippen LogP contribution in [0.3, 0.4) is 0 Å². The maximum Gasteiger partial charge on any atom is 0.253 e. The van der Waals surface area contributed by atoms with Gasteiger partial charge in [0.05, 0.1) is 29.3 Å². The average Bonchev–Trinajstić information content (AvgIpc) is 2.40. The number of halogens is 1. The second-order valence-electron chi connectivity index (χ2n) is 4.09. The molecule has 0 aliphatic carbocycles. The van der Waals surface area contributed by atoms with Crippen LogP contribution < -0.4 is 10.6 Å². The normalized spacial score (nSPS) is 10.1. The van der Waals surface area contributed by atoms with E-state index >= 15 is 0 Å². The highest BCUT2D eigenvalue weighted by Crippen LogP contribution is 2.24. The van der Waals surface area contributed by atoms with E-state index in [1.165, 1.54) is 12.3 Å². The van der Waals surface area contributed by atoms with Crippen LogP contribution in [0.25, 0.3) is 0 Å². The maximum atomic E-state index is 13.1. The Morgan fingerprint density at radius 1 is 1.32 bits per heavy atom. The van der Waals surface area contributed by atoms with Crippen LogP contribution >= 0.6 is 0 Å². The lowest BCUT2D eigenvalue weighted by molar-refractivity contribution is 0.0964. The second kappa shape index (κ2) is 5.48. The van der Waals surface area contributed by atoms with Crippen LogP contribution in [0.4, 0.5) is 15.8 Å². The SMILES string of the molecule is CNC(=O)c1cccc(C)c1Nc1cncc(F)c1. The van der Waals surface area contributed by atoms with E-state index in [1.807, 2.05) is 13.0 Å². The van der Waals surface area contributed by atoms with E-state index in [0.29, 0.717) is 16.9 Å². The predicted molar refractivity (Wildman–Crippen MR) is 72.0 cm³/mol. The summed E-state index contributed by atoms with van der Waals surface area (Å²) in [6, 6.07) is 6.71. The largest absolute Gasteiger partial charge is 0.355 e. The van der Waals surface area contributed by atoms with Crippen LogP contribution in [-0.4, -0.2) is 17.9 Å². The molecule has 0 aliphatic rings. The molecule has 1 aromatic carbocycles. The van der Waals surface area contributed by atoms with Gasteiger partial charge in [-0.1, -0.05) is 12.1 Å². The van der Waals surface area contributed by atoms with Gasteiger partial charge in [-0.2, -0.15) is 0 Å². The zero-order valence-corrected chi connectivity index (χ0v) is 10.7. The van der Waals surface area contributed by atoms with Gasteiger partial charge in [-0.3, -0.25) is 9.78 Å². The summed E-state index contributed by atoms with van der Waals surface area (Å²) in [5, 5.41) is 5.61. The zero-order chi connectivity index (χ0) is 13.8. The number of anilines is 2. The van der Waals surface area contributed by atoms with Crippen molar-refractivity contribution in [1.29, 1.82) is 0 Å². The van der Waals surface area contributed by atoms with E-state index in [1.54, 1.807) is 19.2 Å². The maximum absolute atomic E-state index is 13.1. The van der Waals surface area contributed by atoms with Crippen molar-refractivity contribution in [3.8, 4) is 0 Å². The molecule has 1 amide bonds. The molecular weight excluding hydrogens is 245 g/mol. The van der Waals surface area contributed by atoms with Crippen molar-refractivity contribution in [2.45, 2.75) is 6.92 Å². The monoisotopic (exact) mass is 259 g/mol. The number of aryl methyl sites for hydroxylation is 1. The van der Waals surface area contributed by atoms with Gasteiger partial charge in [0.1, 0.15) is 5.82 Å². The van der Waals surface area contributed by atoms with Gasteiger partial charge in [-0.25, -0.2) is 4.39 Å². The number of nitrogens with one attached hydrogen (secondary N) is 2. The van der Waals surface area contributed by atoms with E-state index in [0.717, 1.165) is 11.8 Å². The van der Waals surface area contributed by atoms with Crippen molar-refractivity contribution < 1.29 is 9.18 Å². The Morgan fingerprint density at radius 3 is 2.79 bits per heavy atom. The minimum atomic E-state index is -0.430. The molecule has 0 bridgehead atoms. The quantitative estimate of drug-likeness (QED) is 0.891. The summed E-state index contributed by atoms with van der Waals surface area (Å²) in [5.41, 5.74) is 2.55. The molecule has 0 saturated carbocycles. The number of pyridine rings is 1. The molecule has 2 rings (SSSR count). The molecule has 0 radical (unpaired) electrons. The third kappa shape index (κ3) is 2.88. The molecule has 0 fully saturated rings. The minimum absolute atomic E-state index is 0.199. The van der Waals surface area contributed by atoms with Gasteiger partial charge in [0.2, 0.25) is 0 Å². The number of amides is 1. The fourth-order valence-electron chi connectivity index (χ4n) is 1.78. The molecule has 1 aromatic heterocycles. The first kappa shape index (κ1) is 13.0. The molecule has 0 unspecified atom stereocenters. The predicted octanol–water partition coefficient (Wildman–Crippen LogP) is 2.63. The highest BCUT2D eigenvalue weighted by molar-refractivity contribution is 6.00. The summed E-state index contributed by atoms with van der Waals surface area (Å²) in [5.74, 6) is -0.629. The van der Waals surface area contributed by atoms with Crippen LogP contribution in [0.2, 0.25) is 0 Å². The van der Waals surface area contributed by atoms with Crippen molar-refractivity contribution in [3.63, 3.8) is 0 Å². The molecule has 2 aromatic rings. The first-order valence-electron chi connectivity index (χ1n) is 5.81. The Kier molecular flexibility index (Phi) is 3.75. The molecule has 4 nitrogen and oxygen atoms in total. The van der Waals surface area contributed by atoms with Crippen molar-refractivity contribution in [2.75, 3.05) is 12.4 Å². The van der Waals surface area contributed by atoms with Crippen LogP contribution in [0.5, 0.6) is 0 Å². The molecule has 0 aliphatic heterocycles. The summed E-state index contributed by atoms with van der Waals surface area (Å²) < 4.78 is 13.1. The van der Waals surface area contributed by atoms with Crippen molar-refractivity contribution in [1.82, 2.24) is 10.3 Å². The molecule has 98 valence electrons. The Balaban J connectivity index is 2.41. The Hall–Kier alpha value is -2.43. The van der Waals surface area contributed by atoms with Crippen LogP contribution in [0.15, 0.2) is 36.7 Å². The smallest absolute Gasteiger partial charge is 0.253 e. The van der Waals surface area contributed by atoms with Gasteiger partial charge < -0.3 is 10.6 Å². The summed E-state index contributed by atoms with van der Waals surface area (Å²) in [6.07, 6.45) is 2.63. The van der Waals surface area contributed by atoms with E-state index in [9.17, 15) is 9.18 Å². The number of nitrogens with zero attached hydrogens (tertiary/aromatic N) is 1. The summed E-state index contributed by atoms with van der Waals surface area (Å²) >= 11 is 0. The number of hydrogen-bond acceptors (Lipinski definition) is 3. The van der Waals surface area contributed by atoms with Gasteiger partial charge in [-0.15, -0.1) is 0 Å². The number of benzene rings is 1. The first-order chi connectivity index (χ1) is 9.11. The Bertz CT molecular complexity index is 613. The number of hydrogen-bond donors (Lipinski definition) is 2. The third-order valence-electron chi connectivity index (χ3n) is 2.72. The van der Waals surface area contributed by atoms with E-state index in [-0.39, 0.29) is 5.91 Å². The summed E-state index contributed by atoms with van der Waals surface area (Å²) in [7, 11) is 1.57. The minimum Gasteiger partial charge on any atom is -0.355 e. The molecule has 19 heavy (non-hydrogen) atoms. The molecule has 2 N–H and O–H groups in total. The number of carbonyl (C=O) groups is 1. The topological polar surface area (TPSA) is 54.0 Å². The highest BCUT2D eigenvalue weighted by atomic mass is 19.1. The van der Waals surface area contributed by atoms with Crippen LogP contribution in [0, 0.1) is 12.7 Å². The van der Waals surface area contributed by atoms with Crippen molar-refractivity contribution in [3.05, 3.63) is 53.6 Å². The zero-order valence-electron chi connectivity index (χ0n) is 10.7. The first-order valence-corrected chi connectivity index (χ1v) is 5.81. The molecule has 0 saturated heterocycles. The summed E-state index contributed by atoms with van der Waals surface area (Å²) in [4.78, 5) is 15.6. The lowest BCUT2D eigenvalue weighted by Gasteiger charge is -2.13. The second-order valence-corrected chi connectivity index (χ2v) is 4.09. The average molecular weight is 259 g/mol. The number of rotatable bonds is 3. The van der Waals surface area contributed by atoms with Crippen LogP contribution in [-0.2, 0) is 0 Å². The van der Waals surface area contributed by atoms with Gasteiger partial charge >= 0.3 is 0 Å². The van der Waals surface area contributed by atoms with E-state index in [2.05, 4.69) is 15.6 Å². The number of para-hydroxylation sites is 1. The number of aromatic nitrogens is 1. The number of carbonyl (C=O) groups excluding carboxylic acids is 1. The van der Waals surface area contributed by atoms with E-state index < -0.39 is 5.82 Å². The highest BCUT2D eigenvalue weighted by Gasteiger charge is 2.12. The Labute approximate surface area is 110 Å². The van der Waals surface area contributed by atoms with Gasteiger partial charge in [0.15, 0.2) is 0 Å². The van der Waals surface area contributed by atoms with Crippen molar-refractivity contribution >= 4 is 17.3 Å². The van der Waals surface area contributed by atoms with Crippen LogP contribution in [0.1, 0.15) is 15.9 Å². The fraction of sp³-hybridized carbons (Fsp3) is 0.143.